The highest BCUT2D eigenvalue weighted by Crippen LogP contribution is 2.27. The monoisotopic (exact) mass is 453 g/mol. The van der Waals surface area contributed by atoms with E-state index in [9.17, 15) is 12.8 Å². The molecule has 172 valence electrons. The van der Waals surface area contributed by atoms with Gasteiger partial charge in [-0.25, -0.2) is 32.5 Å². The largest absolute Gasteiger partial charge is 0.351 e. The second-order valence-corrected chi connectivity index (χ2v) is 10.5. The molecule has 9 nitrogen and oxygen atoms in total. The molecule has 0 bridgehead atoms. The van der Waals surface area contributed by atoms with E-state index in [0.29, 0.717) is 24.6 Å². The maximum atomic E-state index is 14.5. The number of aryl methyl sites for hydroxylation is 1. The first kappa shape index (κ1) is 23.6. The van der Waals surface area contributed by atoms with Crippen LogP contribution in [-0.2, 0) is 10.0 Å². The van der Waals surface area contributed by atoms with Crippen molar-refractivity contribution in [2.75, 3.05) is 31.7 Å². The van der Waals surface area contributed by atoms with Gasteiger partial charge in [-0.3, -0.25) is 0 Å². The van der Waals surface area contributed by atoms with Crippen LogP contribution < -0.4 is 10.0 Å². The van der Waals surface area contributed by atoms with Crippen molar-refractivity contribution in [1.82, 2.24) is 29.1 Å². The summed E-state index contributed by atoms with van der Waals surface area (Å²) in [6.07, 6.45) is 4.92. The first-order valence-electron chi connectivity index (χ1n) is 10.5. The number of hydrogen-bond acceptors (Lipinski definition) is 7. The molecule has 0 aliphatic heterocycles. The highest BCUT2D eigenvalue weighted by atomic mass is 32.2. The third-order valence-corrected chi connectivity index (χ3v) is 6.82. The number of rotatable bonds is 9. The first-order chi connectivity index (χ1) is 14.6. The standard InChI is InChI=1S/C20H32FN7O2S/c1-13(2)28-14(3)22-12-18(28)19-17(21)11-23-20(25-19)24-15-6-7-16(10-15)26-31(29,30)9-8-27(4)5/h11-13,15-16,26H,6-10H2,1-5H3,(H,23,24,25)/t15-,16+/m1/s1. The van der Waals surface area contributed by atoms with E-state index in [0.717, 1.165) is 24.9 Å². The fraction of sp³-hybridized carbons (Fsp3) is 0.650. The van der Waals surface area contributed by atoms with Gasteiger partial charge in [0.1, 0.15) is 11.5 Å². The molecule has 1 fully saturated rings. The number of nitrogens with zero attached hydrogens (tertiary/aromatic N) is 5. The first-order valence-corrected chi connectivity index (χ1v) is 12.2. The van der Waals surface area contributed by atoms with E-state index in [1.165, 1.54) is 0 Å². The summed E-state index contributed by atoms with van der Waals surface area (Å²) >= 11 is 0. The Morgan fingerprint density at radius 3 is 2.61 bits per heavy atom. The Morgan fingerprint density at radius 2 is 1.94 bits per heavy atom. The van der Waals surface area contributed by atoms with E-state index in [1.807, 2.05) is 44.3 Å². The van der Waals surface area contributed by atoms with Gasteiger partial charge in [0.2, 0.25) is 16.0 Å². The summed E-state index contributed by atoms with van der Waals surface area (Å²) in [6.45, 7) is 6.37. The van der Waals surface area contributed by atoms with Gasteiger partial charge in [-0.1, -0.05) is 0 Å². The summed E-state index contributed by atoms with van der Waals surface area (Å²) in [5.74, 6) is 0.678. The van der Waals surface area contributed by atoms with Crippen molar-refractivity contribution in [2.24, 2.45) is 0 Å². The normalized spacial score (nSPS) is 19.5. The number of hydrogen-bond donors (Lipinski definition) is 2. The van der Waals surface area contributed by atoms with Crippen LogP contribution in [0.25, 0.3) is 11.4 Å². The van der Waals surface area contributed by atoms with E-state index in [2.05, 4.69) is 25.0 Å². The Labute approximate surface area is 183 Å². The molecular weight excluding hydrogens is 421 g/mol. The fourth-order valence-electron chi connectivity index (χ4n) is 3.91. The molecule has 0 aromatic carbocycles. The van der Waals surface area contributed by atoms with Crippen LogP contribution in [-0.4, -0.2) is 71.3 Å². The van der Waals surface area contributed by atoms with E-state index in [4.69, 9.17) is 0 Å². The lowest BCUT2D eigenvalue weighted by Gasteiger charge is -2.17. The number of aromatic nitrogens is 4. The van der Waals surface area contributed by atoms with E-state index >= 15 is 0 Å². The van der Waals surface area contributed by atoms with Gasteiger partial charge < -0.3 is 14.8 Å². The van der Waals surface area contributed by atoms with Gasteiger partial charge in [-0.05, 0) is 54.1 Å². The van der Waals surface area contributed by atoms with Crippen LogP contribution in [0.5, 0.6) is 0 Å². The summed E-state index contributed by atoms with van der Waals surface area (Å²) in [6, 6.07) is -0.00871. The average molecular weight is 454 g/mol. The van der Waals surface area contributed by atoms with Gasteiger partial charge in [-0.15, -0.1) is 0 Å². The molecule has 2 aromatic rings. The molecule has 0 radical (unpaired) electrons. The Kier molecular flexibility index (Phi) is 7.28. The van der Waals surface area contributed by atoms with Crippen molar-refractivity contribution >= 4 is 16.0 Å². The summed E-state index contributed by atoms with van der Waals surface area (Å²) in [4.78, 5) is 14.6. The molecule has 0 spiro atoms. The van der Waals surface area contributed by atoms with Crippen LogP contribution in [0, 0.1) is 12.7 Å². The SMILES string of the molecule is Cc1ncc(-c2nc(N[C@@H]3CC[C@H](NS(=O)(=O)CCN(C)C)C3)ncc2F)n1C(C)C. The van der Waals surface area contributed by atoms with Crippen molar-refractivity contribution in [1.29, 1.82) is 0 Å². The van der Waals surface area contributed by atoms with Crippen LogP contribution in [0.4, 0.5) is 10.3 Å². The van der Waals surface area contributed by atoms with Gasteiger partial charge in [0.05, 0.1) is 23.8 Å². The van der Waals surface area contributed by atoms with Crippen LogP contribution in [0.3, 0.4) is 0 Å². The summed E-state index contributed by atoms with van der Waals surface area (Å²) in [5, 5.41) is 3.24. The van der Waals surface area contributed by atoms with E-state index in [1.54, 1.807) is 6.20 Å². The van der Waals surface area contributed by atoms with Gasteiger partial charge in [-0.2, -0.15) is 0 Å². The van der Waals surface area contributed by atoms with Crippen molar-refractivity contribution in [3.63, 3.8) is 0 Å². The lowest BCUT2D eigenvalue weighted by atomic mass is 10.2. The van der Waals surface area contributed by atoms with Crippen molar-refractivity contribution < 1.29 is 12.8 Å². The summed E-state index contributed by atoms with van der Waals surface area (Å²) in [7, 11) is 0.364. The van der Waals surface area contributed by atoms with E-state index in [-0.39, 0.29) is 29.6 Å². The summed E-state index contributed by atoms with van der Waals surface area (Å²) < 4.78 is 43.7. The number of nitrogens with one attached hydrogen (secondary N) is 2. The molecule has 0 unspecified atom stereocenters. The van der Waals surface area contributed by atoms with Crippen molar-refractivity contribution in [3.05, 3.63) is 24.0 Å². The Hall–Kier alpha value is -2.11. The molecule has 2 aromatic heterocycles. The molecule has 1 saturated carbocycles. The molecule has 3 rings (SSSR count). The lowest BCUT2D eigenvalue weighted by molar-refractivity contribution is 0.430. The Balaban J connectivity index is 1.68. The number of sulfonamides is 1. The third kappa shape index (κ3) is 5.98. The predicted molar refractivity (Wildman–Crippen MR) is 119 cm³/mol. The van der Waals surface area contributed by atoms with Gasteiger partial charge in [0.25, 0.3) is 0 Å². The molecule has 0 saturated heterocycles. The number of anilines is 1. The molecule has 1 aliphatic carbocycles. The molecule has 2 heterocycles. The highest BCUT2D eigenvalue weighted by molar-refractivity contribution is 7.89. The van der Waals surface area contributed by atoms with Gasteiger partial charge in [0.15, 0.2) is 5.82 Å². The van der Waals surface area contributed by atoms with Gasteiger partial charge in [0, 0.05) is 24.7 Å². The molecule has 2 atom stereocenters. The minimum atomic E-state index is -3.33. The zero-order chi connectivity index (χ0) is 22.8. The quantitative estimate of drug-likeness (QED) is 0.600. The molecule has 2 N–H and O–H groups in total. The Morgan fingerprint density at radius 1 is 1.23 bits per heavy atom. The second-order valence-electron chi connectivity index (χ2n) is 8.64. The zero-order valence-corrected chi connectivity index (χ0v) is 19.6. The minimum absolute atomic E-state index is 0.0107. The second kappa shape index (κ2) is 9.58. The van der Waals surface area contributed by atoms with Gasteiger partial charge >= 0.3 is 0 Å². The molecule has 11 heteroatoms. The van der Waals surface area contributed by atoms with Crippen LogP contribution in [0.15, 0.2) is 12.4 Å². The third-order valence-electron chi connectivity index (χ3n) is 5.40. The fourth-order valence-corrected chi connectivity index (χ4v) is 5.36. The lowest BCUT2D eigenvalue weighted by Crippen LogP contribution is -2.38. The smallest absolute Gasteiger partial charge is 0.223 e. The summed E-state index contributed by atoms with van der Waals surface area (Å²) in [5.41, 5.74) is 0.805. The Bertz CT molecular complexity index is 1010. The maximum absolute atomic E-state index is 14.5. The van der Waals surface area contributed by atoms with Crippen molar-refractivity contribution in [2.45, 2.75) is 58.2 Å². The van der Waals surface area contributed by atoms with Crippen LogP contribution in [0.2, 0.25) is 0 Å². The number of imidazole rings is 1. The van der Waals surface area contributed by atoms with Crippen molar-refractivity contribution in [3.8, 4) is 11.4 Å². The topological polar surface area (TPSA) is 105 Å². The van der Waals surface area contributed by atoms with E-state index < -0.39 is 15.8 Å². The predicted octanol–water partition coefficient (Wildman–Crippen LogP) is 2.18. The molecule has 0 amide bonds. The maximum Gasteiger partial charge on any atom is 0.223 e. The molecule has 1 aliphatic rings. The van der Waals surface area contributed by atoms with Crippen LogP contribution >= 0.6 is 0 Å². The highest BCUT2D eigenvalue weighted by Gasteiger charge is 2.29. The average Bonchev–Trinajstić information content (AvgIpc) is 3.27. The number of halogens is 1. The zero-order valence-electron chi connectivity index (χ0n) is 18.8. The molecular formula is C20H32FN7O2S. The van der Waals surface area contributed by atoms with Crippen LogP contribution in [0.1, 0.15) is 45.0 Å². The minimum Gasteiger partial charge on any atom is -0.351 e. The molecule has 31 heavy (non-hydrogen) atoms.